The largest absolute Gasteiger partial charge is 2.00 e. The minimum Gasteiger partial charge on any atom is -0.744 e. The Morgan fingerprint density at radius 2 is 0.930 bits per heavy atom. The first-order valence-corrected chi connectivity index (χ1v) is 19.1. The van der Waals surface area contributed by atoms with Crippen molar-refractivity contribution in [2.24, 2.45) is 20.5 Å². The molecule has 6 rings (SSSR count). The van der Waals surface area contributed by atoms with Crippen LogP contribution in [0.25, 0.3) is 21.5 Å². The van der Waals surface area contributed by atoms with Crippen molar-refractivity contribution in [1.82, 2.24) is 0 Å². The third-order valence-electron chi connectivity index (χ3n) is 8.28. The Morgan fingerprint density at radius 1 is 0.561 bits per heavy atom. The van der Waals surface area contributed by atoms with E-state index in [2.05, 4.69) is 20.5 Å². The molecule has 0 amide bonds. The van der Waals surface area contributed by atoms with Gasteiger partial charge in [-0.3, -0.25) is 20.2 Å². The fourth-order valence-corrected chi connectivity index (χ4v) is 7.01. The van der Waals surface area contributed by atoms with Crippen LogP contribution in [0.3, 0.4) is 0 Å². The van der Waals surface area contributed by atoms with Crippen LogP contribution < -0.4 is 0 Å². The number of hydrogen-bond acceptors (Lipinski definition) is 16. The van der Waals surface area contributed by atoms with E-state index in [-0.39, 0.29) is 82.8 Å². The van der Waals surface area contributed by atoms with Crippen LogP contribution >= 0.6 is 0 Å². The van der Waals surface area contributed by atoms with Gasteiger partial charge in [-0.25, -0.2) is 16.8 Å². The molecule has 0 unspecified atom stereocenters. The Kier molecular flexibility index (Phi) is 14.1. The van der Waals surface area contributed by atoms with Crippen molar-refractivity contribution < 1.29 is 46.0 Å². The molecule has 6 aromatic rings. The summed E-state index contributed by atoms with van der Waals surface area (Å²) >= 11 is 0. The van der Waals surface area contributed by atoms with Crippen LogP contribution in [0.1, 0.15) is 25.0 Å². The van der Waals surface area contributed by atoms with Crippen molar-refractivity contribution in [3.8, 4) is 11.5 Å². The Morgan fingerprint density at radius 3 is 1.25 bits per heavy atom. The number of fused-ring (bicyclic) bond motifs is 2. The summed E-state index contributed by atoms with van der Waals surface area (Å²) in [5.41, 5.74) is 1.22. The van der Waals surface area contributed by atoms with Crippen molar-refractivity contribution in [3.63, 3.8) is 0 Å². The molecule has 0 aliphatic rings. The maximum Gasteiger partial charge on any atom is 2.00 e. The summed E-state index contributed by atoms with van der Waals surface area (Å²) in [6.07, 6.45) is 0.884. The molecule has 0 bridgehead atoms. The maximum absolute atomic E-state index is 11.6. The van der Waals surface area contributed by atoms with E-state index in [0.717, 1.165) is 12.1 Å². The molecule has 0 aliphatic heterocycles. The van der Waals surface area contributed by atoms with Gasteiger partial charge < -0.3 is 19.3 Å². The second kappa shape index (κ2) is 18.2. The molecule has 0 heterocycles. The molecule has 21 heteroatoms. The molecule has 288 valence electrons. The predicted octanol–water partition coefficient (Wildman–Crippen LogP) is 8.29. The number of azo groups is 2. The Bertz CT molecular complexity index is 2640. The summed E-state index contributed by atoms with van der Waals surface area (Å²) in [7, 11) is -9.63. The number of phenolic OH excluding ortho intramolecular Hbond substituents is 2. The van der Waals surface area contributed by atoms with Gasteiger partial charge in [0.05, 0.1) is 31.0 Å². The minimum absolute atomic E-state index is 0. The van der Waals surface area contributed by atoms with E-state index in [9.17, 15) is 56.4 Å². The van der Waals surface area contributed by atoms with Crippen LogP contribution in [0.5, 0.6) is 11.5 Å². The van der Waals surface area contributed by atoms with Gasteiger partial charge in [0.2, 0.25) is 0 Å². The van der Waals surface area contributed by atoms with Gasteiger partial charge >= 0.3 is 37.7 Å². The fraction of sp³-hybridized carbons (Fsp3) is 0.111. The molecule has 18 nitrogen and oxygen atoms in total. The SMILES string of the molecule is CCc1cc([N+](=O)[O-])ccc1N=Nc1c(O)ccc2cccc(S(=O)(=O)[O-])c12.CCc1cc([N+](=O)[O-])ccc1N=Nc1c(O)ccc2cccc(S(=O)(=O)[O-])c12.[Ca+2]. The molecule has 0 fully saturated rings. The van der Waals surface area contributed by atoms with Gasteiger partial charge in [0, 0.05) is 35.0 Å². The summed E-state index contributed by atoms with van der Waals surface area (Å²) in [4.78, 5) is 19.7. The van der Waals surface area contributed by atoms with Gasteiger partial charge in [-0.1, -0.05) is 50.2 Å². The quantitative estimate of drug-likeness (QED) is 0.0433. The molecule has 0 saturated heterocycles. The number of aromatic hydroxyl groups is 2. The van der Waals surface area contributed by atoms with Crippen molar-refractivity contribution >= 4 is 114 Å². The third kappa shape index (κ3) is 10.1. The summed E-state index contributed by atoms with van der Waals surface area (Å²) in [6, 6.07) is 21.9. The topological polar surface area (TPSA) is 291 Å². The molecule has 0 spiro atoms. The number of aryl methyl sites for hydroxylation is 2. The fourth-order valence-electron chi connectivity index (χ4n) is 5.59. The zero-order valence-electron chi connectivity index (χ0n) is 29.8. The number of hydrogen-bond donors (Lipinski definition) is 2. The first-order chi connectivity index (χ1) is 26.4. The van der Waals surface area contributed by atoms with E-state index >= 15 is 0 Å². The van der Waals surface area contributed by atoms with Crippen LogP contribution in [-0.2, 0) is 33.1 Å². The summed E-state index contributed by atoms with van der Waals surface area (Å²) in [6.45, 7) is 3.57. The van der Waals surface area contributed by atoms with E-state index in [0.29, 0.717) is 46.1 Å². The van der Waals surface area contributed by atoms with Gasteiger partial charge in [-0.15, -0.1) is 10.2 Å². The average molecular weight is 841 g/mol. The minimum atomic E-state index is -4.82. The predicted molar refractivity (Wildman–Crippen MR) is 206 cm³/mol. The molecule has 57 heavy (non-hydrogen) atoms. The Balaban J connectivity index is 0.000000248. The van der Waals surface area contributed by atoms with Crippen LogP contribution in [0, 0.1) is 20.2 Å². The number of nitrogens with zero attached hydrogens (tertiary/aromatic N) is 6. The first-order valence-electron chi connectivity index (χ1n) is 16.2. The van der Waals surface area contributed by atoms with Crippen molar-refractivity contribution in [2.75, 3.05) is 0 Å². The van der Waals surface area contributed by atoms with E-state index in [1.165, 1.54) is 72.8 Å². The number of nitro benzene ring substituents is 2. The number of nitro groups is 2. The summed E-state index contributed by atoms with van der Waals surface area (Å²) in [5.74, 6) is -0.709. The van der Waals surface area contributed by atoms with Crippen molar-refractivity contribution in [3.05, 3.63) is 128 Å². The second-order valence-corrected chi connectivity index (χ2v) is 14.4. The van der Waals surface area contributed by atoms with E-state index < -0.39 is 39.9 Å². The monoisotopic (exact) mass is 840 g/mol. The van der Waals surface area contributed by atoms with Gasteiger partial charge in [-0.2, -0.15) is 10.2 Å². The van der Waals surface area contributed by atoms with Gasteiger partial charge in [0.25, 0.3) is 11.4 Å². The summed E-state index contributed by atoms with van der Waals surface area (Å²) < 4.78 is 69.7. The standard InChI is InChI=1S/2C18H15N3O6S.Ca/c2*1-2-11-10-13(21(23)24)7-8-14(11)19-20-18-15(22)9-6-12-4-3-5-16(17(12)18)28(25,26)27;/h2*3-10,22H,2H2,1H3,(H,25,26,27);/q;;+2/p-2. The van der Waals surface area contributed by atoms with Gasteiger partial charge in [-0.05, 0) is 71.1 Å². The smallest absolute Gasteiger partial charge is 0.744 e. The van der Waals surface area contributed by atoms with Crippen LogP contribution in [0.15, 0.2) is 127 Å². The normalized spacial score (nSPS) is 11.7. The number of phenols is 2. The number of non-ortho nitro benzene ring substituents is 2. The molecule has 0 atom stereocenters. The van der Waals surface area contributed by atoms with Crippen LogP contribution in [0.4, 0.5) is 34.1 Å². The molecule has 0 saturated carbocycles. The van der Waals surface area contributed by atoms with E-state index in [4.69, 9.17) is 0 Å². The molecule has 0 aliphatic carbocycles. The van der Waals surface area contributed by atoms with E-state index in [1.807, 2.05) is 0 Å². The number of rotatable bonds is 10. The van der Waals surface area contributed by atoms with Crippen LogP contribution in [0.2, 0.25) is 0 Å². The Hall–Kier alpha value is -5.48. The second-order valence-electron chi connectivity index (χ2n) is 11.7. The molecule has 0 radical (unpaired) electrons. The first kappa shape index (κ1) is 44.2. The zero-order valence-corrected chi connectivity index (χ0v) is 33.7. The van der Waals surface area contributed by atoms with Crippen molar-refractivity contribution in [2.45, 2.75) is 36.5 Å². The van der Waals surface area contributed by atoms with E-state index in [1.54, 1.807) is 26.0 Å². The number of benzene rings is 6. The summed E-state index contributed by atoms with van der Waals surface area (Å²) in [5, 5.41) is 58.9. The molecule has 2 N–H and O–H groups in total. The van der Waals surface area contributed by atoms with Crippen molar-refractivity contribution in [1.29, 1.82) is 0 Å². The Labute approximate surface area is 354 Å². The zero-order chi connectivity index (χ0) is 40.9. The molecular weight excluding hydrogens is 813 g/mol. The molecular formula is C36H28CaN6O12S2. The van der Waals surface area contributed by atoms with Gasteiger partial charge in [0.1, 0.15) is 43.1 Å². The van der Waals surface area contributed by atoms with Gasteiger partial charge in [0.15, 0.2) is 0 Å². The maximum atomic E-state index is 11.6. The van der Waals surface area contributed by atoms with Crippen LogP contribution in [-0.4, -0.2) is 83.7 Å². The third-order valence-corrected chi connectivity index (χ3v) is 10.0. The average Bonchev–Trinajstić information content (AvgIpc) is 3.16. The molecule has 0 aromatic heterocycles. The molecule has 6 aromatic carbocycles.